The van der Waals surface area contributed by atoms with Gasteiger partial charge in [0, 0.05) is 12.0 Å². The third-order valence-electron chi connectivity index (χ3n) is 1.63. The van der Waals surface area contributed by atoms with Gasteiger partial charge in [-0.05, 0) is 13.0 Å². The van der Waals surface area contributed by atoms with Crippen LogP contribution >= 0.6 is 7.82 Å². The van der Waals surface area contributed by atoms with Crippen molar-refractivity contribution in [3.8, 4) is 0 Å². The number of phosphoric ester groups is 1. The summed E-state index contributed by atoms with van der Waals surface area (Å²) in [7, 11) is -4.85. The van der Waals surface area contributed by atoms with Crippen molar-refractivity contribution < 1.29 is 28.4 Å². The maximum absolute atomic E-state index is 11.3. The molecule has 96 valence electrons. The summed E-state index contributed by atoms with van der Waals surface area (Å²) in [5, 5.41) is 0. The highest BCUT2D eigenvalue weighted by Crippen LogP contribution is 2.44. The van der Waals surface area contributed by atoms with E-state index in [-0.39, 0.29) is 12.0 Å². The highest BCUT2D eigenvalue weighted by molar-refractivity contribution is 7.46. The van der Waals surface area contributed by atoms with Gasteiger partial charge in [-0.2, -0.15) is 0 Å². The van der Waals surface area contributed by atoms with Gasteiger partial charge in [-0.25, -0.2) is 13.9 Å². The molecule has 0 saturated carbocycles. The third-order valence-corrected chi connectivity index (χ3v) is 2.17. The van der Waals surface area contributed by atoms with Crippen LogP contribution in [0.3, 0.4) is 0 Å². The predicted molar refractivity (Wildman–Crippen MR) is 61.8 cm³/mol. The number of carbonyl (C=O) groups is 1. The van der Waals surface area contributed by atoms with Gasteiger partial charge in [0.15, 0.2) is 0 Å². The van der Waals surface area contributed by atoms with Crippen LogP contribution in [0.4, 0.5) is 0 Å². The van der Waals surface area contributed by atoms with Crippen LogP contribution in [0.1, 0.15) is 13.3 Å². The van der Waals surface area contributed by atoms with Gasteiger partial charge in [0.2, 0.25) is 5.79 Å². The zero-order valence-corrected chi connectivity index (χ0v) is 10.4. The third kappa shape index (κ3) is 5.60. The average molecular weight is 262 g/mol. The Morgan fingerprint density at radius 3 is 2.29 bits per heavy atom. The van der Waals surface area contributed by atoms with Crippen molar-refractivity contribution in [2.24, 2.45) is 0 Å². The molecule has 1 unspecified atom stereocenters. The highest BCUT2D eigenvalue weighted by atomic mass is 31.2. The molecular weight excluding hydrogens is 247 g/mol. The summed E-state index contributed by atoms with van der Waals surface area (Å²) in [5.41, 5.74) is 0.0644. The Labute approximate surface area is 99.5 Å². The second-order valence-electron chi connectivity index (χ2n) is 3.26. The fraction of sp³-hybridized carbons (Fsp3) is 0.300. The number of phosphoric acid groups is 1. The van der Waals surface area contributed by atoms with Crippen LogP contribution in [0, 0.1) is 0 Å². The highest BCUT2D eigenvalue weighted by Gasteiger charge is 2.38. The molecule has 0 aliphatic rings. The lowest BCUT2D eigenvalue weighted by Gasteiger charge is -2.29. The van der Waals surface area contributed by atoms with E-state index in [1.165, 1.54) is 13.0 Å². The van der Waals surface area contributed by atoms with Crippen LogP contribution in [-0.4, -0.2) is 21.5 Å². The summed E-state index contributed by atoms with van der Waals surface area (Å²) in [5.74, 6) is -2.79. The molecule has 0 aromatic carbocycles. The van der Waals surface area contributed by atoms with Crippen LogP contribution < -0.4 is 0 Å². The van der Waals surface area contributed by atoms with Gasteiger partial charge in [0.05, 0.1) is 0 Å². The number of hydrogen-bond acceptors (Lipinski definition) is 4. The van der Waals surface area contributed by atoms with E-state index < -0.39 is 19.6 Å². The van der Waals surface area contributed by atoms with Gasteiger partial charge in [0.1, 0.15) is 0 Å². The van der Waals surface area contributed by atoms with Gasteiger partial charge in [-0.1, -0.05) is 19.2 Å². The van der Waals surface area contributed by atoms with Crippen molar-refractivity contribution >= 4 is 13.8 Å². The smallest absolute Gasteiger partial charge is 0.425 e. The van der Waals surface area contributed by atoms with E-state index in [0.717, 1.165) is 6.08 Å². The van der Waals surface area contributed by atoms with Crippen LogP contribution in [0.15, 0.2) is 37.5 Å². The van der Waals surface area contributed by atoms with Crippen molar-refractivity contribution in [3.63, 3.8) is 0 Å². The van der Waals surface area contributed by atoms with E-state index in [1.54, 1.807) is 0 Å². The molecule has 0 aliphatic carbocycles. The Morgan fingerprint density at radius 1 is 1.47 bits per heavy atom. The summed E-state index contributed by atoms with van der Waals surface area (Å²) in [4.78, 5) is 28.9. The first-order chi connectivity index (χ1) is 7.66. The Bertz CT molecular complexity index is 382. The van der Waals surface area contributed by atoms with E-state index >= 15 is 0 Å². The fourth-order valence-corrected chi connectivity index (χ4v) is 1.50. The molecule has 0 fully saturated rings. The molecule has 1 atom stereocenters. The number of hydrogen-bond donors (Lipinski definition) is 2. The van der Waals surface area contributed by atoms with Gasteiger partial charge >= 0.3 is 13.8 Å². The molecule has 0 spiro atoms. The summed E-state index contributed by atoms with van der Waals surface area (Å²) >= 11 is 0. The van der Waals surface area contributed by atoms with Crippen molar-refractivity contribution in [1.29, 1.82) is 0 Å². The summed E-state index contributed by atoms with van der Waals surface area (Å²) in [6, 6.07) is 0. The molecule has 2 N–H and O–H groups in total. The minimum absolute atomic E-state index is 0.0644. The lowest BCUT2D eigenvalue weighted by Crippen LogP contribution is -2.35. The minimum atomic E-state index is -4.85. The van der Waals surface area contributed by atoms with Crippen molar-refractivity contribution in [2.75, 3.05) is 0 Å². The SMILES string of the molecule is C=CCC(C=C)(OC(=O)C(=C)C)OP(=O)(O)O. The van der Waals surface area contributed by atoms with Crippen molar-refractivity contribution in [2.45, 2.75) is 19.1 Å². The van der Waals surface area contributed by atoms with Gasteiger partial charge < -0.3 is 14.5 Å². The second kappa shape index (κ2) is 5.93. The Hall–Kier alpha value is -1.20. The molecule has 0 heterocycles. The molecule has 6 nitrogen and oxygen atoms in total. The minimum Gasteiger partial charge on any atom is -0.425 e. The van der Waals surface area contributed by atoms with Gasteiger partial charge in [-0.3, -0.25) is 0 Å². The second-order valence-corrected chi connectivity index (χ2v) is 4.42. The normalized spacial score (nSPS) is 14.5. The first-order valence-corrected chi connectivity index (χ1v) is 6.08. The molecule has 0 aromatic heterocycles. The maximum Gasteiger partial charge on any atom is 0.473 e. The fourth-order valence-electron chi connectivity index (χ4n) is 0.906. The lowest BCUT2D eigenvalue weighted by molar-refractivity contribution is -0.180. The number of carbonyl (C=O) groups excluding carboxylic acids is 1. The molecular formula is C10H15O6P. The zero-order chi connectivity index (χ0) is 13.7. The number of esters is 1. The predicted octanol–water partition coefficient (Wildman–Crippen LogP) is 1.67. The topological polar surface area (TPSA) is 93.1 Å². The number of rotatable bonds is 7. The number of ether oxygens (including phenoxy) is 1. The average Bonchev–Trinajstić information content (AvgIpc) is 2.15. The van der Waals surface area contributed by atoms with Crippen LogP contribution in [0.5, 0.6) is 0 Å². The first kappa shape index (κ1) is 15.8. The van der Waals surface area contributed by atoms with E-state index in [2.05, 4.69) is 24.3 Å². The van der Waals surface area contributed by atoms with Crippen molar-refractivity contribution in [3.05, 3.63) is 37.5 Å². The van der Waals surface area contributed by atoms with Crippen molar-refractivity contribution in [1.82, 2.24) is 0 Å². The van der Waals surface area contributed by atoms with E-state index in [0.29, 0.717) is 0 Å². The summed E-state index contributed by atoms with van der Waals surface area (Å²) in [6.45, 7) is 11.4. The molecule has 0 amide bonds. The molecule has 17 heavy (non-hydrogen) atoms. The molecule has 0 rings (SSSR count). The Morgan fingerprint density at radius 2 is 2.00 bits per heavy atom. The van der Waals surface area contributed by atoms with E-state index in [1.807, 2.05) is 0 Å². The quantitative estimate of drug-likeness (QED) is 0.238. The lowest BCUT2D eigenvalue weighted by atomic mass is 10.2. The standard InChI is InChI=1S/C10H15O6P/c1-5-7-10(6-2,16-17(12,13)14)15-9(11)8(3)4/h5-6H,1-3,7H2,4H3,(H2,12,13,14). The first-order valence-electron chi connectivity index (χ1n) is 4.55. The van der Waals surface area contributed by atoms with Crippen LogP contribution in [0.2, 0.25) is 0 Å². The van der Waals surface area contributed by atoms with Gasteiger partial charge in [-0.15, -0.1) is 6.58 Å². The monoisotopic (exact) mass is 262 g/mol. The van der Waals surface area contributed by atoms with E-state index in [9.17, 15) is 9.36 Å². The Kier molecular flexibility index (Phi) is 5.51. The molecule has 0 aliphatic heterocycles. The molecule has 0 saturated heterocycles. The molecule has 0 bridgehead atoms. The van der Waals surface area contributed by atoms with E-state index in [4.69, 9.17) is 14.5 Å². The molecule has 0 aromatic rings. The summed E-state index contributed by atoms with van der Waals surface area (Å²) < 4.78 is 20.1. The molecule has 7 heteroatoms. The van der Waals surface area contributed by atoms with Crippen LogP contribution in [0.25, 0.3) is 0 Å². The largest absolute Gasteiger partial charge is 0.473 e. The Balaban J connectivity index is 5.14. The van der Waals surface area contributed by atoms with Gasteiger partial charge in [0.25, 0.3) is 0 Å². The maximum atomic E-state index is 11.3. The molecule has 0 radical (unpaired) electrons. The van der Waals surface area contributed by atoms with Crippen LogP contribution in [-0.2, 0) is 18.6 Å². The summed E-state index contributed by atoms with van der Waals surface area (Å²) in [6.07, 6.45) is 2.11. The zero-order valence-electron chi connectivity index (χ0n) is 9.46.